The van der Waals surface area contributed by atoms with Crippen LogP contribution in [0.25, 0.3) is 0 Å². The van der Waals surface area contributed by atoms with Crippen LogP contribution in [0.3, 0.4) is 0 Å². The summed E-state index contributed by atoms with van der Waals surface area (Å²) in [5.41, 5.74) is 0. The fraction of sp³-hybridized carbons (Fsp3) is 0.625. The Morgan fingerprint density at radius 1 is 0.867 bits per heavy atom. The number of hydrogen-bond donors (Lipinski definition) is 3. The first kappa shape index (κ1) is 13.6. The number of rotatable bonds is 7. The van der Waals surface area contributed by atoms with Crippen molar-refractivity contribution in [1.29, 1.82) is 0 Å². The van der Waals surface area contributed by atoms with E-state index in [2.05, 4.69) is 0 Å². The lowest BCUT2D eigenvalue weighted by molar-refractivity contribution is -0.134. The summed E-state index contributed by atoms with van der Waals surface area (Å²) >= 11 is 0. The fourth-order valence-corrected chi connectivity index (χ4v) is 4.57. The Balaban J connectivity index is 4.81. The van der Waals surface area contributed by atoms with Crippen molar-refractivity contribution in [3.05, 3.63) is 0 Å². The van der Waals surface area contributed by atoms with E-state index in [0.29, 0.717) is 6.04 Å². The van der Waals surface area contributed by atoms with Crippen molar-refractivity contribution in [2.45, 2.75) is 31.1 Å². The molecule has 0 aliphatic carbocycles. The number of carbonyl (C=O) groups is 3. The quantitative estimate of drug-likeness (QED) is 0.559. The van der Waals surface area contributed by atoms with E-state index in [4.69, 9.17) is 15.3 Å². The summed E-state index contributed by atoms with van der Waals surface area (Å²) in [4.78, 5) is 31.8. The highest BCUT2D eigenvalue weighted by Gasteiger charge is 2.38. The highest BCUT2D eigenvalue weighted by atomic mass is 28.3. The molecule has 0 aromatic heterocycles. The second-order valence-corrected chi connectivity index (χ2v) is 8.33. The standard InChI is InChI=1S/C8H14O6Si/c1-2-15(3-6(9)10,4-7(11)12)5-8(13)14/h2-5H2,1H3,(H,9,10)(H,11,12)(H,13,14). The molecule has 0 fully saturated rings. The summed E-state index contributed by atoms with van der Waals surface area (Å²) in [6.07, 6.45) is 0. The number of aliphatic carboxylic acids is 3. The number of hydrogen-bond acceptors (Lipinski definition) is 3. The average molecular weight is 234 g/mol. The molecule has 0 amide bonds. The van der Waals surface area contributed by atoms with Crippen LogP contribution in [0.5, 0.6) is 0 Å². The normalized spacial score (nSPS) is 11.0. The molecule has 6 nitrogen and oxygen atoms in total. The minimum atomic E-state index is -2.76. The van der Waals surface area contributed by atoms with Gasteiger partial charge in [-0.15, -0.1) is 0 Å². The van der Waals surface area contributed by atoms with E-state index in [9.17, 15) is 14.4 Å². The molecule has 0 rings (SSSR count). The predicted octanol–water partition coefficient (Wildman–Crippen LogP) is 0.709. The van der Waals surface area contributed by atoms with Gasteiger partial charge < -0.3 is 15.3 Å². The van der Waals surface area contributed by atoms with Crippen LogP contribution < -0.4 is 0 Å². The van der Waals surface area contributed by atoms with Gasteiger partial charge in [0.05, 0.1) is 8.07 Å². The Bertz CT molecular complexity index is 234. The molecular weight excluding hydrogens is 220 g/mol. The van der Waals surface area contributed by atoms with Crippen molar-refractivity contribution >= 4 is 26.0 Å². The van der Waals surface area contributed by atoms with Crippen molar-refractivity contribution in [3.8, 4) is 0 Å². The highest BCUT2D eigenvalue weighted by Crippen LogP contribution is 2.25. The monoisotopic (exact) mass is 234 g/mol. The molecule has 0 aliphatic rings. The fourth-order valence-electron chi connectivity index (χ4n) is 1.52. The molecule has 15 heavy (non-hydrogen) atoms. The molecule has 0 atom stereocenters. The lowest BCUT2D eigenvalue weighted by Gasteiger charge is -2.24. The third-order valence-electron chi connectivity index (χ3n) is 2.33. The molecule has 0 aromatic rings. The first-order valence-electron chi connectivity index (χ1n) is 4.47. The summed E-state index contributed by atoms with van der Waals surface area (Å²) in [5, 5.41) is 26.0. The molecule has 0 heterocycles. The molecule has 3 N–H and O–H groups in total. The molecule has 0 aliphatic heterocycles. The molecule has 0 bridgehead atoms. The SMILES string of the molecule is CC[Si](CC(=O)O)(CC(=O)O)CC(=O)O. The van der Waals surface area contributed by atoms with Crippen molar-refractivity contribution in [3.63, 3.8) is 0 Å². The Morgan fingerprint density at radius 3 is 1.27 bits per heavy atom. The maximum absolute atomic E-state index is 10.6. The van der Waals surface area contributed by atoms with E-state index in [1.54, 1.807) is 6.92 Å². The van der Waals surface area contributed by atoms with Crippen molar-refractivity contribution in [2.24, 2.45) is 0 Å². The topological polar surface area (TPSA) is 112 Å². The molecular formula is C8H14O6Si. The summed E-state index contributed by atoms with van der Waals surface area (Å²) in [6.45, 7) is 1.65. The van der Waals surface area contributed by atoms with Gasteiger partial charge >= 0.3 is 17.9 Å². The minimum Gasteiger partial charge on any atom is -0.481 e. The van der Waals surface area contributed by atoms with Gasteiger partial charge in [-0.1, -0.05) is 13.0 Å². The van der Waals surface area contributed by atoms with Crippen LogP contribution in [-0.2, 0) is 14.4 Å². The van der Waals surface area contributed by atoms with Crippen LogP contribution >= 0.6 is 0 Å². The molecule has 0 saturated carbocycles. The van der Waals surface area contributed by atoms with Gasteiger partial charge in [-0.3, -0.25) is 14.4 Å². The van der Waals surface area contributed by atoms with E-state index < -0.39 is 26.0 Å². The summed E-state index contributed by atoms with van der Waals surface area (Å²) in [7, 11) is -2.76. The Morgan fingerprint density at radius 2 is 1.13 bits per heavy atom. The van der Waals surface area contributed by atoms with Gasteiger partial charge in [-0.05, 0) is 0 Å². The largest absolute Gasteiger partial charge is 0.481 e. The zero-order chi connectivity index (χ0) is 12.1. The number of carboxylic acids is 3. The molecule has 0 radical (unpaired) electrons. The molecule has 0 spiro atoms. The van der Waals surface area contributed by atoms with Crippen molar-refractivity contribution in [2.75, 3.05) is 0 Å². The zero-order valence-corrected chi connectivity index (χ0v) is 9.39. The van der Waals surface area contributed by atoms with E-state index in [1.165, 1.54) is 0 Å². The molecule has 0 saturated heterocycles. The summed E-state index contributed by atoms with van der Waals surface area (Å²) in [6, 6.07) is -0.565. The molecule has 0 unspecified atom stereocenters. The number of carboxylic acid groups (broad SMARTS) is 3. The lowest BCUT2D eigenvalue weighted by Crippen LogP contribution is -2.40. The van der Waals surface area contributed by atoms with E-state index in [-0.39, 0.29) is 18.1 Å². The third-order valence-corrected chi connectivity index (χ3v) is 6.99. The zero-order valence-electron chi connectivity index (χ0n) is 8.39. The Kier molecular flexibility index (Phi) is 4.99. The van der Waals surface area contributed by atoms with Crippen LogP contribution in [0, 0.1) is 0 Å². The van der Waals surface area contributed by atoms with Crippen molar-refractivity contribution in [1.82, 2.24) is 0 Å². The van der Waals surface area contributed by atoms with E-state index >= 15 is 0 Å². The average Bonchev–Trinajstić information content (AvgIpc) is 1.99. The van der Waals surface area contributed by atoms with Crippen LogP contribution in [0.2, 0.25) is 24.2 Å². The molecule has 7 heteroatoms. The summed E-state index contributed by atoms with van der Waals surface area (Å²) < 4.78 is 0. The first-order valence-corrected chi connectivity index (χ1v) is 7.29. The second-order valence-electron chi connectivity index (χ2n) is 3.57. The van der Waals surface area contributed by atoms with Gasteiger partial charge in [0.1, 0.15) is 0 Å². The van der Waals surface area contributed by atoms with Gasteiger partial charge in [0.25, 0.3) is 0 Å². The summed E-state index contributed by atoms with van der Waals surface area (Å²) in [5.74, 6) is -3.36. The van der Waals surface area contributed by atoms with Gasteiger partial charge in [0.2, 0.25) is 0 Å². The van der Waals surface area contributed by atoms with Gasteiger partial charge in [0.15, 0.2) is 0 Å². The molecule has 86 valence electrons. The Hall–Kier alpha value is -1.37. The van der Waals surface area contributed by atoms with E-state index in [0.717, 1.165) is 0 Å². The van der Waals surface area contributed by atoms with E-state index in [1.807, 2.05) is 0 Å². The van der Waals surface area contributed by atoms with Crippen molar-refractivity contribution < 1.29 is 29.7 Å². The maximum Gasteiger partial charge on any atom is 0.300 e. The van der Waals surface area contributed by atoms with Gasteiger partial charge in [-0.2, -0.15) is 0 Å². The van der Waals surface area contributed by atoms with Crippen LogP contribution in [-0.4, -0.2) is 41.3 Å². The van der Waals surface area contributed by atoms with Gasteiger partial charge in [0, 0.05) is 18.1 Å². The predicted molar refractivity (Wildman–Crippen MR) is 53.6 cm³/mol. The van der Waals surface area contributed by atoms with Crippen LogP contribution in [0.4, 0.5) is 0 Å². The lowest BCUT2D eigenvalue weighted by atomic mass is 10.8. The first-order chi connectivity index (χ1) is 6.81. The van der Waals surface area contributed by atoms with Crippen LogP contribution in [0.15, 0.2) is 0 Å². The second kappa shape index (κ2) is 5.49. The molecule has 0 aromatic carbocycles. The smallest absolute Gasteiger partial charge is 0.300 e. The minimum absolute atomic E-state index is 0.303. The maximum atomic E-state index is 10.6. The Labute approximate surface area is 87.5 Å². The highest BCUT2D eigenvalue weighted by molar-refractivity contribution is 6.86. The third kappa shape index (κ3) is 5.16. The van der Waals surface area contributed by atoms with Gasteiger partial charge in [-0.25, -0.2) is 0 Å². The van der Waals surface area contributed by atoms with Crippen LogP contribution in [0.1, 0.15) is 6.92 Å².